The SMILES string of the molecule is c1cc(CCNCCCCn2ccnc2)ccn1. The van der Waals surface area contributed by atoms with Crippen molar-refractivity contribution in [1.29, 1.82) is 0 Å². The lowest BCUT2D eigenvalue weighted by Crippen LogP contribution is -2.18. The highest BCUT2D eigenvalue weighted by Gasteiger charge is 1.93. The molecular formula is C14H20N4. The number of hydrogen-bond donors (Lipinski definition) is 1. The van der Waals surface area contributed by atoms with Crippen molar-refractivity contribution in [2.24, 2.45) is 0 Å². The molecule has 2 aromatic rings. The summed E-state index contributed by atoms with van der Waals surface area (Å²) < 4.78 is 2.12. The predicted molar refractivity (Wildman–Crippen MR) is 72.3 cm³/mol. The Kier molecular flexibility index (Phi) is 5.40. The molecule has 4 heteroatoms. The molecule has 0 saturated heterocycles. The molecule has 0 spiro atoms. The third-order valence-corrected chi connectivity index (χ3v) is 2.92. The molecule has 1 N–H and O–H groups in total. The Labute approximate surface area is 108 Å². The van der Waals surface area contributed by atoms with E-state index in [-0.39, 0.29) is 0 Å². The number of unbranched alkanes of at least 4 members (excludes halogenated alkanes) is 1. The van der Waals surface area contributed by atoms with Gasteiger partial charge in [0.25, 0.3) is 0 Å². The summed E-state index contributed by atoms with van der Waals surface area (Å²) in [7, 11) is 0. The highest BCUT2D eigenvalue weighted by atomic mass is 15.0. The number of nitrogens with zero attached hydrogens (tertiary/aromatic N) is 3. The molecule has 0 fully saturated rings. The average Bonchev–Trinajstić information content (AvgIpc) is 2.92. The molecule has 2 rings (SSSR count). The smallest absolute Gasteiger partial charge is 0.0945 e. The van der Waals surface area contributed by atoms with Crippen molar-refractivity contribution in [2.75, 3.05) is 13.1 Å². The van der Waals surface area contributed by atoms with Gasteiger partial charge in [0.1, 0.15) is 0 Å². The topological polar surface area (TPSA) is 42.7 Å². The van der Waals surface area contributed by atoms with Crippen molar-refractivity contribution in [3.8, 4) is 0 Å². The minimum Gasteiger partial charge on any atom is -0.337 e. The van der Waals surface area contributed by atoms with Crippen LogP contribution in [0, 0.1) is 0 Å². The molecule has 0 aromatic carbocycles. The number of pyridine rings is 1. The van der Waals surface area contributed by atoms with E-state index < -0.39 is 0 Å². The van der Waals surface area contributed by atoms with Gasteiger partial charge >= 0.3 is 0 Å². The predicted octanol–water partition coefficient (Wildman–Crippen LogP) is 1.89. The number of rotatable bonds is 8. The molecule has 0 radical (unpaired) electrons. The van der Waals surface area contributed by atoms with E-state index in [2.05, 4.69) is 32.0 Å². The molecule has 0 bridgehead atoms. The van der Waals surface area contributed by atoms with Crippen LogP contribution in [-0.2, 0) is 13.0 Å². The maximum Gasteiger partial charge on any atom is 0.0945 e. The molecule has 2 aromatic heterocycles. The minimum absolute atomic E-state index is 1.04. The Balaban J connectivity index is 1.47. The summed E-state index contributed by atoms with van der Waals surface area (Å²) in [5.41, 5.74) is 1.34. The normalized spacial score (nSPS) is 10.7. The van der Waals surface area contributed by atoms with Crippen LogP contribution in [-0.4, -0.2) is 27.6 Å². The third-order valence-electron chi connectivity index (χ3n) is 2.92. The third kappa shape index (κ3) is 4.67. The molecular weight excluding hydrogens is 224 g/mol. The Morgan fingerprint density at radius 2 is 1.89 bits per heavy atom. The van der Waals surface area contributed by atoms with Crippen LogP contribution in [0.15, 0.2) is 43.2 Å². The summed E-state index contributed by atoms with van der Waals surface area (Å²) in [5, 5.41) is 3.47. The maximum atomic E-state index is 4.03. The van der Waals surface area contributed by atoms with Crippen molar-refractivity contribution in [2.45, 2.75) is 25.8 Å². The lowest BCUT2D eigenvalue weighted by molar-refractivity contribution is 0.569. The first kappa shape index (κ1) is 12.8. The first-order chi connectivity index (χ1) is 8.95. The number of aromatic nitrogens is 3. The summed E-state index contributed by atoms with van der Waals surface area (Å²) in [6.07, 6.45) is 12.9. The molecule has 4 nitrogen and oxygen atoms in total. The van der Waals surface area contributed by atoms with Gasteiger partial charge in [-0.05, 0) is 50.0 Å². The van der Waals surface area contributed by atoms with Crippen LogP contribution in [0.25, 0.3) is 0 Å². The molecule has 0 amide bonds. The van der Waals surface area contributed by atoms with Crippen LogP contribution in [0.2, 0.25) is 0 Å². The van der Waals surface area contributed by atoms with Crippen LogP contribution in [0.3, 0.4) is 0 Å². The second-order valence-electron chi connectivity index (χ2n) is 4.36. The van der Waals surface area contributed by atoms with Gasteiger partial charge in [0, 0.05) is 31.3 Å². The van der Waals surface area contributed by atoms with E-state index in [1.807, 2.05) is 31.1 Å². The van der Waals surface area contributed by atoms with Gasteiger partial charge < -0.3 is 9.88 Å². The van der Waals surface area contributed by atoms with Gasteiger partial charge in [-0.3, -0.25) is 4.98 Å². The highest BCUT2D eigenvalue weighted by molar-refractivity contribution is 5.09. The van der Waals surface area contributed by atoms with Gasteiger partial charge in [0.05, 0.1) is 6.33 Å². The first-order valence-corrected chi connectivity index (χ1v) is 6.50. The minimum atomic E-state index is 1.04. The largest absolute Gasteiger partial charge is 0.337 e. The lowest BCUT2D eigenvalue weighted by atomic mass is 10.2. The first-order valence-electron chi connectivity index (χ1n) is 6.50. The van der Waals surface area contributed by atoms with Crippen LogP contribution in [0.5, 0.6) is 0 Å². The molecule has 18 heavy (non-hydrogen) atoms. The van der Waals surface area contributed by atoms with E-state index in [4.69, 9.17) is 0 Å². The van der Waals surface area contributed by atoms with E-state index in [1.54, 1.807) is 0 Å². The van der Waals surface area contributed by atoms with Gasteiger partial charge in [-0.1, -0.05) is 0 Å². The molecule has 0 unspecified atom stereocenters. The number of nitrogens with one attached hydrogen (secondary N) is 1. The molecule has 0 aliphatic rings. The summed E-state index contributed by atoms with van der Waals surface area (Å²) >= 11 is 0. The van der Waals surface area contributed by atoms with E-state index >= 15 is 0 Å². The fourth-order valence-electron chi connectivity index (χ4n) is 1.87. The van der Waals surface area contributed by atoms with Crippen LogP contribution in [0.4, 0.5) is 0 Å². The van der Waals surface area contributed by atoms with E-state index in [9.17, 15) is 0 Å². The van der Waals surface area contributed by atoms with Crippen LogP contribution in [0.1, 0.15) is 18.4 Å². The fraction of sp³-hybridized carbons (Fsp3) is 0.429. The zero-order chi connectivity index (χ0) is 12.5. The Hall–Kier alpha value is -1.68. The molecule has 0 saturated carbocycles. The zero-order valence-corrected chi connectivity index (χ0v) is 10.6. The van der Waals surface area contributed by atoms with Crippen LogP contribution < -0.4 is 5.32 Å². The van der Waals surface area contributed by atoms with Crippen LogP contribution >= 0.6 is 0 Å². The van der Waals surface area contributed by atoms with Crippen molar-refractivity contribution in [3.05, 3.63) is 48.8 Å². The highest BCUT2D eigenvalue weighted by Crippen LogP contribution is 1.97. The summed E-state index contributed by atoms with van der Waals surface area (Å²) in [4.78, 5) is 8.04. The molecule has 0 atom stereocenters. The number of aryl methyl sites for hydroxylation is 1. The Morgan fingerprint density at radius 3 is 2.67 bits per heavy atom. The summed E-state index contributed by atoms with van der Waals surface area (Å²) in [5.74, 6) is 0. The molecule has 96 valence electrons. The second kappa shape index (κ2) is 7.61. The van der Waals surface area contributed by atoms with Crippen molar-refractivity contribution in [1.82, 2.24) is 19.9 Å². The quantitative estimate of drug-likeness (QED) is 0.721. The van der Waals surface area contributed by atoms with Gasteiger partial charge in [0.2, 0.25) is 0 Å². The van der Waals surface area contributed by atoms with Crippen molar-refractivity contribution >= 4 is 0 Å². The lowest BCUT2D eigenvalue weighted by Gasteiger charge is -2.05. The van der Waals surface area contributed by atoms with Crippen molar-refractivity contribution in [3.63, 3.8) is 0 Å². The number of imidazole rings is 1. The van der Waals surface area contributed by atoms with E-state index in [1.165, 1.54) is 18.4 Å². The zero-order valence-electron chi connectivity index (χ0n) is 10.6. The summed E-state index contributed by atoms with van der Waals surface area (Å²) in [6.45, 7) is 3.18. The standard InChI is InChI=1S/C14H20N4/c1(2-11-18-12-10-17-13-18)6-15-7-3-14-4-8-16-9-5-14/h4-5,8-10,12-13,15H,1-3,6-7,11H2. The Bertz CT molecular complexity index is 411. The fourth-order valence-corrected chi connectivity index (χ4v) is 1.87. The summed E-state index contributed by atoms with van der Waals surface area (Å²) in [6, 6.07) is 4.14. The van der Waals surface area contributed by atoms with E-state index in [0.717, 1.165) is 26.1 Å². The van der Waals surface area contributed by atoms with Gasteiger partial charge in [0.15, 0.2) is 0 Å². The monoisotopic (exact) mass is 244 g/mol. The van der Waals surface area contributed by atoms with Crippen molar-refractivity contribution < 1.29 is 0 Å². The second-order valence-corrected chi connectivity index (χ2v) is 4.36. The molecule has 0 aliphatic carbocycles. The van der Waals surface area contributed by atoms with Gasteiger partial charge in [-0.15, -0.1) is 0 Å². The van der Waals surface area contributed by atoms with Gasteiger partial charge in [-0.2, -0.15) is 0 Å². The average molecular weight is 244 g/mol. The number of hydrogen-bond acceptors (Lipinski definition) is 3. The Morgan fingerprint density at radius 1 is 1.00 bits per heavy atom. The maximum absolute atomic E-state index is 4.03. The molecule has 0 aliphatic heterocycles. The van der Waals surface area contributed by atoms with Gasteiger partial charge in [-0.25, -0.2) is 4.98 Å². The van der Waals surface area contributed by atoms with E-state index in [0.29, 0.717) is 0 Å². The molecule has 2 heterocycles.